The molecule has 1 N–H and O–H groups in total. The number of nitrogens with zero attached hydrogens (tertiary/aromatic N) is 1. The van der Waals surface area contributed by atoms with Crippen molar-refractivity contribution in [1.82, 2.24) is 0 Å². The van der Waals surface area contributed by atoms with Gasteiger partial charge in [0.2, 0.25) is 5.75 Å². The summed E-state index contributed by atoms with van der Waals surface area (Å²) in [4.78, 5) is 6.68. The molecule has 0 spiro atoms. The van der Waals surface area contributed by atoms with Crippen LogP contribution in [0.3, 0.4) is 0 Å². The number of hydrogen-bond acceptors (Lipinski definition) is 7. The first kappa shape index (κ1) is 22.9. The van der Waals surface area contributed by atoms with Gasteiger partial charge in [0, 0.05) is 10.4 Å². The van der Waals surface area contributed by atoms with E-state index in [0.717, 1.165) is 35.1 Å². The van der Waals surface area contributed by atoms with Crippen LogP contribution in [0, 0.1) is 23.2 Å². The number of ether oxygens (including phenoxy) is 3. The Kier molecular flexibility index (Phi) is 6.96. The fourth-order valence-electron chi connectivity index (χ4n) is 4.86. The number of benzene rings is 1. The van der Waals surface area contributed by atoms with Gasteiger partial charge in [-0.25, -0.2) is 0 Å². The monoisotopic (exact) mass is 459 g/mol. The van der Waals surface area contributed by atoms with E-state index in [0.29, 0.717) is 35.2 Å². The van der Waals surface area contributed by atoms with Gasteiger partial charge in [0.25, 0.3) is 0 Å². The average Bonchev–Trinajstić information content (AvgIpc) is 3.64. The molecule has 0 bridgehead atoms. The topological polar surface area (TPSA) is 69.5 Å². The van der Waals surface area contributed by atoms with Gasteiger partial charge >= 0.3 is 0 Å². The van der Waals surface area contributed by atoms with E-state index >= 15 is 0 Å². The highest BCUT2D eigenvalue weighted by Crippen LogP contribution is 2.67. The van der Waals surface area contributed by atoms with Crippen LogP contribution >= 0.6 is 11.3 Å². The van der Waals surface area contributed by atoms with E-state index in [2.05, 4.69) is 12.1 Å². The summed E-state index contributed by atoms with van der Waals surface area (Å²) in [5.41, 5.74) is 1.20. The summed E-state index contributed by atoms with van der Waals surface area (Å²) >= 11 is 1.64. The molecular weight excluding hydrogens is 426 g/mol. The third-order valence-corrected chi connectivity index (χ3v) is 8.00. The van der Waals surface area contributed by atoms with Crippen molar-refractivity contribution in [3.63, 3.8) is 0 Å². The second kappa shape index (κ2) is 9.71. The number of thiophene rings is 1. The lowest BCUT2D eigenvalue weighted by Crippen LogP contribution is -2.05. The van der Waals surface area contributed by atoms with E-state index < -0.39 is 0 Å². The molecule has 0 radical (unpaired) electrons. The SMILES string of the molecule is COc1cc(/C=N\OC[C@H]2C[C@@H]2[C@@H]2C[C@]2(C)CCC(O)c2cccs2)cc(OC)c1OC. The second-order valence-corrected chi connectivity index (χ2v) is 10.2. The quantitative estimate of drug-likeness (QED) is 0.344. The van der Waals surface area contributed by atoms with Crippen LogP contribution in [0.25, 0.3) is 0 Å². The molecule has 6 nitrogen and oxygen atoms in total. The Bertz CT molecular complexity index is 905. The van der Waals surface area contributed by atoms with Gasteiger partial charge in [-0.3, -0.25) is 0 Å². The maximum atomic E-state index is 10.4. The van der Waals surface area contributed by atoms with Gasteiger partial charge in [0.15, 0.2) is 11.5 Å². The van der Waals surface area contributed by atoms with Crippen LogP contribution in [-0.4, -0.2) is 39.3 Å². The molecule has 0 amide bonds. The maximum absolute atomic E-state index is 10.4. The highest BCUT2D eigenvalue weighted by Gasteiger charge is 2.60. The number of aliphatic hydroxyl groups excluding tert-OH is 1. The van der Waals surface area contributed by atoms with Crippen molar-refractivity contribution in [2.75, 3.05) is 27.9 Å². The van der Waals surface area contributed by atoms with E-state index in [-0.39, 0.29) is 6.10 Å². The molecule has 174 valence electrons. The van der Waals surface area contributed by atoms with Crippen molar-refractivity contribution < 1.29 is 24.2 Å². The predicted molar refractivity (Wildman–Crippen MR) is 126 cm³/mol. The van der Waals surface area contributed by atoms with Gasteiger partial charge in [-0.15, -0.1) is 11.3 Å². The molecule has 0 saturated heterocycles. The van der Waals surface area contributed by atoms with Gasteiger partial charge in [0.1, 0.15) is 6.61 Å². The normalized spacial score (nSPS) is 27.2. The molecule has 1 unspecified atom stereocenters. The molecule has 1 aromatic heterocycles. The average molecular weight is 460 g/mol. The van der Waals surface area contributed by atoms with Crippen LogP contribution in [0.5, 0.6) is 17.2 Å². The Balaban J connectivity index is 1.21. The van der Waals surface area contributed by atoms with Gasteiger partial charge in [-0.1, -0.05) is 18.1 Å². The Labute approximate surface area is 194 Å². The second-order valence-electron chi connectivity index (χ2n) is 9.18. The van der Waals surface area contributed by atoms with Gasteiger partial charge in [-0.2, -0.15) is 0 Å². The summed E-state index contributed by atoms with van der Waals surface area (Å²) in [6, 6.07) is 7.71. The summed E-state index contributed by atoms with van der Waals surface area (Å²) in [5.74, 6) is 3.81. The molecule has 2 fully saturated rings. The van der Waals surface area contributed by atoms with E-state index in [9.17, 15) is 5.11 Å². The first-order chi connectivity index (χ1) is 15.5. The first-order valence-corrected chi connectivity index (χ1v) is 12.0. The smallest absolute Gasteiger partial charge is 0.203 e. The lowest BCUT2D eigenvalue weighted by molar-refractivity contribution is 0.129. The Morgan fingerprint density at radius 3 is 2.59 bits per heavy atom. The van der Waals surface area contributed by atoms with Crippen molar-refractivity contribution in [2.45, 2.75) is 38.7 Å². The molecule has 1 heterocycles. The zero-order valence-electron chi connectivity index (χ0n) is 19.2. The molecular formula is C25H33NO5S. The fourth-order valence-corrected chi connectivity index (χ4v) is 5.60. The van der Waals surface area contributed by atoms with Crippen molar-refractivity contribution in [3.05, 3.63) is 40.1 Å². The van der Waals surface area contributed by atoms with Crippen molar-refractivity contribution in [3.8, 4) is 17.2 Å². The molecule has 1 aromatic carbocycles. The van der Waals surface area contributed by atoms with Crippen LogP contribution in [0.4, 0.5) is 0 Å². The van der Waals surface area contributed by atoms with Crippen LogP contribution in [0.1, 0.15) is 49.2 Å². The standard InChI is InChI=1S/C25H33NO5S/c1-25(8-7-20(27)23-6-5-9-32-23)13-19(25)18-12-17(18)15-31-26-14-16-10-21(28-2)24(30-4)22(11-16)29-3/h5-6,9-11,14,17-20,27H,7-8,12-13,15H2,1-4H3/b26-14-/t17-,18+,19+,20?,25+/m1/s1. The van der Waals surface area contributed by atoms with Crippen LogP contribution in [0.15, 0.2) is 34.8 Å². The lowest BCUT2D eigenvalue weighted by Gasteiger charge is -2.14. The molecule has 7 heteroatoms. The van der Waals surface area contributed by atoms with Crippen LogP contribution < -0.4 is 14.2 Å². The molecule has 2 aliphatic carbocycles. The number of methoxy groups -OCH3 is 3. The van der Waals surface area contributed by atoms with E-state index in [4.69, 9.17) is 19.0 Å². The molecule has 5 atom stereocenters. The molecule has 2 aromatic rings. The third-order valence-electron chi connectivity index (χ3n) is 7.03. The minimum absolute atomic E-state index is 0.323. The number of rotatable bonds is 12. The largest absolute Gasteiger partial charge is 0.493 e. The van der Waals surface area contributed by atoms with Gasteiger partial charge < -0.3 is 24.2 Å². The van der Waals surface area contributed by atoms with E-state index in [1.807, 2.05) is 29.6 Å². The van der Waals surface area contributed by atoms with E-state index in [1.165, 1.54) is 12.8 Å². The third kappa shape index (κ3) is 5.04. The fraction of sp³-hybridized carbons (Fsp3) is 0.560. The highest BCUT2D eigenvalue weighted by atomic mass is 32.1. The van der Waals surface area contributed by atoms with Crippen molar-refractivity contribution in [1.29, 1.82) is 0 Å². The number of aliphatic hydroxyl groups is 1. The molecule has 2 saturated carbocycles. The molecule has 2 aliphatic rings. The van der Waals surface area contributed by atoms with Gasteiger partial charge in [-0.05, 0) is 72.4 Å². The Hall–Kier alpha value is -2.25. The van der Waals surface area contributed by atoms with Crippen LogP contribution in [0.2, 0.25) is 0 Å². The first-order valence-electron chi connectivity index (χ1n) is 11.2. The zero-order valence-corrected chi connectivity index (χ0v) is 20.1. The minimum atomic E-state index is -0.323. The zero-order chi connectivity index (χ0) is 22.7. The van der Waals surface area contributed by atoms with Crippen molar-refractivity contribution >= 4 is 17.6 Å². The number of hydrogen-bond donors (Lipinski definition) is 1. The summed E-state index contributed by atoms with van der Waals surface area (Å²) in [5, 5.41) is 16.6. The number of oxime groups is 1. The van der Waals surface area contributed by atoms with Crippen molar-refractivity contribution in [2.24, 2.45) is 28.3 Å². The summed E-state index contributed by atoms with van der Waals surface area (Å²) < 4.78 is 16.1. The van der Waals surface area contributed by atoms with Gasteiger partial charge in [0.05, 0.1) is 33.6 Å². The maximum Gasteiger partial charge on any atom is 0.203 e. The molecule has 4 rings (SSSR count). The summed E-state index contributed by atoms with van der Waals surface area (Å²) in [7, 11) is 4.77. The molecule has 32 heavy (non-hydrogen) atoms. The van der Waals surface area contributed by atoms with Crippen LogP contribution in [-0.2, 0) is 4.84 Å². The Morgan fingerprint density at radius 1 is 1.22 bits per heavy atom. The predicted octanol–water partition coefficient (Wildman–Crippen LogP) is 5.30. The minimum Gasteiger partial charge on any atom is -0.493 e. The van der Waals surface area contributed by atoms with E-state index in [1.54, 1.807) is 38.9 Å². The Morgan fingerprint density at radius 2 is 1.97 bits per heavy atom. The lowest BCUT2D eigenvalue weighted by atomic mass is 9.95. The highest BCUT2D eigenvalue weighted by molar-refractivity contribution is 7.10. The summed E-state index contributed by atoms with van der Waals surface area (Å²) in [6.45, 7) is 3.02. The summed E-state index contributed by atoms with van der Waals surface area (Å²) in [6.07, 6.45) is 5.76. The molecule has 0 aliphatic heterocycles.